The lowest BCUT2D eigenvalue weighted by Crippen LogP contribution is -2.29. The Balaban J connectivity index is 1.49. The molecule has 1 saturated carbocycles. The molecule has 3 N–H and O–H groups in total. The minimum absolute atomic E-state index is 0.378. The van der Waals surface area contributed by atoms with Gasteiger partial charge in [-0.05, 0) is 38.1 Å². The first-order chi connectivity index (χ1) is 10.2. The molecule has 2 aliphatic heterocycles. The van der Waals surface area contributed by atoms with Crippen LogP contribution in [0, 0.1) is 11.8 Å². The number of rotatable bonds is 3. The second kappa shape index (κ2) is 5.02. The number of hydrogen-bond acceptors (Lipinski definition) is 6. The van der Waals surface area contributed by atoms with Gasteiger partial charge in [0.25, 0.3) is 0 Å². The molecule has 0 amide bonds. The van der Waals surface area contributed by atoms with Gasteiger partial charge in [-0.1, -0.05) is 0 Å². The summed E-state index contributed by atoms with van der Waals surface area (Å²) in [5.41, 5.74) is 5.90. The van der Waals surface area contributed by atoms with Crippen molar-refractivity contribution >= 4 is 17.6 Å². The summed E-state index contributed by atoms with van der Waals surface area (Å²) in [6.45, 7) is 4.59. The Kier molecular flexibility index (Phi) is 3.14. The third kappa shape index (κ3) is 2.52. The second-order valence-corrected chi connectivity index (χ2v) is 6.89. The van der Waals surface area contributed by atoms with E-state index in [1.165, 1.54) is 32.4 Å². The quantitative estimate of drug-likeness (QED) is 0.865. The van der Waals surface area contributed by atoms with Crippen LogP contribution in [0.25, 0.3) is 0 Å². The number of anilines is 3. The molecule has 1 aromatic heterocycles. The molecular weight excluding hydrogens is 264 g/mol. The summed E-state index contributed by atoms with van der Waals surface area (Å²) in [5, 5.41) is 3.47. The third-order valence-corrected chi connectivity index (χ3v) is 5.18. The van der Waals surface area contributed by atoms with Gasteiger partial charge >= 0.3 is 0 Å². The predicted molar refractivity (Wildman–Crippen MR) is 84.4 cm³/mol. The number of nitrogens with one attached hydrogen (secondary N) is 1. The molecule has 3 heterocycles. The monoisotopic (exact) mass is 288 g/mol. The van der Waals surface area contributed by atoms with Crippen molar-refractivity contribution in [1.82, 2.24) is 14.9 Å². The van der Waals surface area contributed by atoms with Crippen LogP contribution in [-0.4, -0.2) is 54.1 Å². The van der Waals surface area contributed by atoms with Crippen LogP contribution < -0.4 is 16.0 Å². The number of fused-ring (bicyclic) bond motifs is 1. The molecule has 2 unspecified atom stereocenters. The molecule has 0 spiro atoms. The molecule has 0 radical (unpaired) electrons. The molecule has 21 heavy (non-hydrogen) atoms. The van der Waals surface area contributed by atoms with Gasteiger partial charge in [0.05, 0.1) is 0 Å². The minimum atomic E-state index is 0.378. The smallest absolute Gasteiger partial charge is 0.223 e. The summed E-state index contributed by atoms with van der Waals surface area (Å²) in [6, 6.07) is 2.64. The maximum atomic E-state index is 5.90. The SMILES string of the molecule is CN1CC2CN(c3cc(NC4CCC4)nc(N)n3)CC2C1. The zero-order chi connectivity index (χ0) is 14.4. The number of nitrogens with two attached hydrogens (primary N) is 1. The second-order valence-electron chi connectivity index (χ2n) is 6.89. The van der Waals surface area contributed by atoms with E-state index in [0.29, 0.717) is 12.0 Å². The molecule has 0 bridgehead atoms. The van der Waals surface area contributed by atoms with Crippen molar-refractivity contribution < 1.29 is 0 Å². The van der Waals surface area contributed by atoms with Gasteiger partial charge in [0.1, 0.15) is 11.6 Å². The van der Waals surface area contributed by atoms with Crippen molar-refractivity contribution in [3.05, 3.63) is 6.07 Å². The van der Waals surface area contributed by atoms with E-state index in [-0.39, 0.29) is 0 Å². The highest BCUT2D eigenvalue weighted by molar-refractivity contribution is 5.54. The zero-order valence-electron chi connectivity index (χ0n) is 12.6. The van der Waals surface area contributed by atoms with Crippen molar-refractivity contribution in [2.24, 2.45) is 11.8 Å². The molecule has 2 saturated heterocycles. The van der Waals surface area contributed by atoms with Crippen molar-refractivity contribution in [1.29, 1.82) is 0 Å². The summed E-state index contributed by atoms with van der Waals surface area (Å²) < 4.78 is 0. The summed E-state index contributed by atoms with van der Waals surface area (Å²) in [6.07, 6.45) is 3.78. The standard InChI is InChI=1S/C15H24N6/c1-20-6-10-8-21(9-11(10)7-20)14-5-13(18-15(16)19-14)17-12-3-2-4-12/h5,10-12H,2-4,6-9H2,1H3,(H3,16,17,18,19). The van der Waals surface area contributed by atoms with E-state index >= 15 is 0 Å². The van der Waals surface area contributed by atoms with Gasteiger partial charge in [0.2, 0.25) is 5.95 Å². The van der Waals surface area contributed by atoms with Crippen molar-refractivity contribution in [3.63, 3.8) is 0 Å². The maximum Gasteiger partial charge on any atom is 0.223 e. The average Bonchev–Trinajstić information content (AvgIpc) is 2.90. The number of hydrogen-bond donors (Lipinski definition) is 2. The van der Waals surface area contributed by atoms with Crippen LogP contribution in [0.15, 0.2) is 6.07 Å². The maximum absolute atomic E-state index is 5.90. The molecule has 4 rings (SSSR count). The molecule has 114 valence electrons. The molecule has 3 aliphatic rings. The van der Waals surface area contributed by atoms with Gasteiger partial charge in [-0.3, -0.25) is 0 Å². The lowest BCUT2D eigenvalue weighted by molar-refractivity contribution is 0.387. The lowest BCUT2D eigenvalue weighted by Gasteiger charge is -2.27. The fraction of sp³-hybridized carbons (Fsp3) is 0.733. The van der Waals surface area contributed by atoms with E-state index in [1.807, 2.05) is 0 Å². The zero-order valence-corrected chi connectivity index (χ0v) is 12.6. The van der Waals surface area contributed by atoms with Crippen molar-refractivity contribution in [3.8, 4) is 0 Å². The topological polar surface area (TPSA) is 70.3 Å². The first-order valence-corrected chi connectivity index (χ1v) is 8.02. The van der Waals surface area contributed by atoms with Crippen LogP contribution >= 0.6 is 0 Å². The average molecular weight is 288 g/mol. The van der Waals surface area contributed by atoms with Gasteiger partial charge in [0, 0.05) is 38.3 Å². The van der Waals surface area contributed by atoms with Gasteiger partial charge < -0.3 is 20.9 Å². The number of aromatic nitrogens is 2. The van der Waals surface area contributed by atoms with Gasteiger partial charge in [-0.25, -0.2) is 0 Å². The van der Waals surface area contributed by atoms with Crippen LogP contribution in [0.2, 0.25) is 0 Å². The van der Waals surface area contributed by atoms with E-state index < -0.39 is 0 Å². The number of likely N-dealkylation sites (tertiary alicyclic amines) is 1. The first-order valence-electron chi connectivity index (χ1n) is 8.02. The van der Waals surface area contributed by atoms with Gasteiger partial charge in [0.15, 0.2) is 0 Å². The van der Waals surface area contributed by atoms with Crippen LogP contribution in [0.1, 0.15) is 19.3 Å². The summed E-state index contributed by atoms with van der Waals surface area (Å²) in [5.74, 6) is 3.80. The lowest BCUT2D eigenvalue weighted by atomic mass is 9.93. The molecule has 2 atom stereocenters. The van der Waals surface area contributed by atoms with Crippen molar-refractivity contribution in [2.75, 3.05) is 49.2 Å². The van der Waals surface area contributed by atoms with E-state index in [2.05, 4.69) is 38.2 Å². The fourth-order valence-corrected chi connectivity index (χ4v) is 3.86. The normalized spacial score (nSPS) is 29.5. The highest BCUT2D eigenvalue weighted by Gasteiger charge is 2.39. The largest absolute Gasteiger partial charge is 0.368 e. The Bertz CT molecular complexity index is 515. The van der Waals surface area contributed by atoms with Crippen LogP contribution in [-0.2, 0) is 0 Å². The Morgan fingerprint density at radius 1 is 1.14 bits per heavy atom. The molecule has 0 aromatic carbocycles. The van der Waals surface area contributed by atoms with E-state index in [4.69, 9.17) is 5.73 Å². The Hall–Kier alpha value is -1.56. The Morgan fingerprint density at radius 3 is 2.48 bits per heavy atom. The molecular formula is C15H24N6. The molecule has 1 aliphatic carbocycles. The van der Waals surface area contributed by atoms with Crippen LogP contribution in [0.3, 0.4) is 0 Å². The molecule has 6 nitrogen and oxygen atoms in total. The highest BCUT2D eigenvalue weighted by Crippen LogP contribution is 2.33. The van der Waals surface area contributed by atoms with Gasteiger partial charge in [-0.2, -0.15) is 9.97 Å². The number of nitrogens with zero attached hydrogens (tertiary/aromatic N) is 4. The first kappa shape index (κ1) is 13.1. The molecule has 6 heteroatoms. The van der Waals surface area contributed by atoms with Crippen molar-refractivity contribution in [2.45, 2.75) is 25.3 Å². The molecule has 1 aromatic rings. The predicted octanol–water partition coefficient (Wildman–Crippen LogP) is 1.02. The van der Waals surface area contributed by atoms with Gasteiger partial charge in [-0.15, -0.1) is 0 Å². The minimum Gasteiger partial charge on any atom is -0.368 e. The fourth-order valence-electron chi connectivity index (χ4n) is 3.86. The van der Waals surface area contributed by atoms with Crippen LogP contribution in [0.4, 0.5) is 17.6 Å². The molecule has 3 fully saturated rings. The highest BCUT2D eigenvalue weighted by atomic mass is 15.3. The Labute approximate surface area is 125 Å². The Morgan fingerprint density at radius 2 is 1.86 bits per heavy atom. The van der Waals surface area contributed by atoms with E-state index in [1.54, 1.807) is 0 Å². The van der Waals surface area contributed by atoms with E-state index in [9.17, 15) is 0 Å². The van der Waals surface area contributed by atoms with E-state index in [0.717, 1.165) is 36.6 Å². The van der Waals surface area contributed by atoms with Crippen LogP contribution in [0.5, 0.6) is 0 Å². The summed E-state index contributed by atoms with van der Waals surface area (Å²) >= 11 is 0. The summed E-state index contributed by atoms with van der Waals surface area (Å²) in [4.78, 5) is 13.6. The number of nitrogen functional groups attached to an aromatic ring is 1. The summed E-state index contributed by atoms with van der Waals surface area (Å²) in [7, 11) is 2.21. The third-order valence-electron chi connectivity index (χ3n) is 5.18.